The fourth-order valence-electron chi connectivity index (χ4n) is 2.24. The maximum atomic E-state index is 12.1. The van der Waals surface area contributed by atoms with E-state index in [-0.39, 0.29) is 11.9 Å². The molecule has 1 saturated carbocycles. The van der Waals surface area contributed by atoms with E-state index >= 15 is 0 Å². The fourth-order valence-corrected chi connectivity index (χ4v) is 3.05. The first-order valence-corrected chi connectivity index (χ1v) is 7.96. The topological polar surface area (TPSA) is 51.2 Å². The van der Waals surface area contributed by atoms with Gasteiger partial charge in [0.05, 0.1) is 7.11 Å². The molecule has 1 atom stereocenters. The Labute approximate surface area is 128 Å². The Hall–Kier alpha value is -1.88. The van der Waals surface area contributed by atoms with Crippen molar-refractivity contribution in [1.29, 1.82) is 0 Å². The molecule has 1 aliphatic carbocycles. The molecule has 1 aliphatic rings. The zero-order valence-corrected chi connectivity index (χ0v) is 12.9. The van der Waals surface area contributed by atoms with Crippen LogP contribution in [-0.4, -0.2) is 24.0 Å². The average molecular weight is 302 g/mol. The standard InChI is InChI=1S/C16H18N2O2S/c1-10(11-3-4-11)17-15(19)14-9-21-16(18-14)12-5-7-13(20-2)8-6-12/h5-11H,3-4H2,1-2H3,(H,17,19)/t10-/m0/s1. The lowest BCUT2D eigenvalue weighted by molar-refractivity contribution is 0.0931. The highest BCUT2D eigenvalue weighted by Gasteiger charge is 2.29. The molecule has 0 bridgehead atoms. The summed E-state index contributed by atoms with van der Waals surface area (Å²) in [5.74, 6) is 1.38. The van der Waals surface area contributed by atoms with E-state index in [0.29, 0.717) is 11.6 Å². The molecule has 0 saturated heterocycles. The van der Waals surface area contributed by atoms with Crippen LogP contribution in [0.15, 0.2) is 29.6 Å². The van der Waals surface area contributed by atoms with Gasteiger partial charge in [0.15, 0.2) is 0 Å². The van der Waals surface area contributed by atoms with Gasteiger partial charge in [-0.15, -0.1) is 11.3 Å². The highest BCUT2D eigenvalue weighted by atomic mass is 32.1. The van der Waals surface area contributed by atoms with Crippen molar-refractivity contribution in [2.24, 2.45) is 5.92 Å². The monoisotopic (exact) mass is 302 g/mol. The van der Waals surface area contributed by atoms with E-state index in [1.54, 1.807) is 7.11 Å². The summed E-state index contributed by atoms with van der Waals surface area (Å²) in [6.45, 7) is 2.06. The Balaban J connectivity index is 1.71. The van der Waals surface area contributed by atoms with Crippen LogP contribution in [0.1, 0.15) is 30.3 Å². The molecule has 1 fully saturated rings. The van der Waals surface area contributed by atoms with Crippen molar-refractivity contribution in [3.05, 3.63) is 35.3 Å². The number of aromatic nitrogens is 1. The molecule has 1 aromatic heterocycles. The molecule has 3 rings (SSSR count). The fraction of sp³-hybridized carbons (Fsp3) is 0.375. The summed E-state index contributed by atoms with van der Waals surface area (Å²) in [5, 5.41) is 5.69. The largest absolute Gasteiger partial charge is 0.497 e. The van der Waals surface area contributed by atoms with Crippen LogP contribution in [0.3, 0.4) is 0 Å². The third-order valence-electron chi connectivity index (χ3n) is 3.76. The molecule has 0 aliphatic heterocycles. The molecule has 21 heavy (non-hydrogen) atoms. The highest BCUT2D eigenvalue weighted by Crippen LogP contribution is 2.32. The number of amides is 1. The van der Waals surface area contributed by atoms with Crippen molar-refractivity contribution in [3.8, 4) is 16.3 Å². The number of ether oxygens (including phenoxy) is 1. The molecule has 2 aromatic rings. The van der Waals surface area contributed by atoms with Gasteiger partial charge in [0.2, 0.25) is 0 Å². The summed E-state index contributed by atoms with van der Waals surface area (Å²) in [4.78, 5) is 16.6. The Bertz CT molecular complexity index is 632. The normalized spacial score (nSPS) is 15.5. The SMILES string of the molecule is COc1ccc(-c2nc(C(=O)N[C@@H](C)C3CC3)cs2)cc1. The van der Waals surface area contributed by atoms with E-state index in [1.807, 2.05) is 29.6 Å². The molecule has 0 spiro atoms. The maximum Gasteiger partial charge on any atom is 0.270 e. The van der Waals surface area contributed by atoms with E-state index in [1.165, 1.54) is 24.2 Å². The molecule has 1 N–H and O–H groups in total. The highest BCUT2D eigenvalue weighted by molar-refractivity contribution is 7.13. The molecule has 0 unspecified atom stereocenters. The van der Waals surface area contributed by atoms with Gasteiger partial charge < -0.3 is 10.1 Å². The third kappa shape index (κ3) is 3.24. The van der Waals surface area contributed by atoms with Crippen LogP contribution in [-0.2, 0) is 0 Å². The zero-order valence-electron chi connectivity index (χ0n) is 12.1. The second-order valence-electron chi connectivity index (χ2n) is 5.37. The van der Waals surface area contributed by atoms with E-state index in [0.717, 1.165) is 16.3 Å². The summed E-state index contributed by atoms with van der Waals surface area (Å²) in [7, 11) is 1.64. The number of nitrogens with zero attached hydrogens (tertiary/aromatic N) is 1. The first-order valence-electron chi connectivity index (χ1n) is 7.08. The van der Waals surface area contributed by atoms with Gasteiger partial charge in [-0.2, -0.15) is 0 Å². The molecule has 110 valence electrons. The predicted octanol–water partition coefficient (Wildman–Crippen LogP) is 3.35. The zero-order chi connectivity index (χ0) is 14.8. The van der Waals surface area contributed by atoms with Crippen LogP contribution in [0.5, 0.6) is 5.75 Å². The Morgan fingerprint density at radius 3 is 2.71 bits per heavy atom. The van der Waals surface area contributed by atoms with Crippen molar-refractivity contribution >= 4 is 17.2 Å². The third-order valence-corrected chi connectivity index (χ3v) is 4.65. The van der Waals surface area contributed by atoms with Crippen molar-refractivity contribution < 1.29 is 9.53 Å². The van der Waals surface area contributed by atoms with Crippen LogP contribution in [0.2, 0.25) is 0 Å². The van der Waals surface area contributed by atoms with E-state index in [4.69, 9.17) is 4.74 Å². The number of carbonyl (C=O) groups excluding carboxylic acids is 1. The van der Waals surface area contributed by atoms with Gasteiger partial charge in [0.1, 0.15) is 16.5 Å². The molecular weight excluding hydrogens is 284 g/mol. The summed E-state index contributed by atoms with van der Waals surface area (Å²) in [5.41, 5.74) is 1.49. The molecule has 0 radical (unpaired) electrons. The number of methoxy groups -OCH3 is 1. The number of carbonyl (C=O) groups is 1. The minimum absolute atomic E-state index is 0.0783. The van der Waals surface area contributed by atoms with E-state index in [9.17, 15) is 4.79 Å². The Morgan fingerprint density at radius 2 is 2.10 bits per heavy atom. The number of hydrogen-bond acceptors (Lipinski definition) is 4. The lowest BCUT2D eigenvalue weighted by Crippen LogP contribution is -2.34. The predicted molar refractivity (Wildman–Crippen MR) is 83.8 cm³/mol. The van der Waals surface area contributed by atoms with Gasteiger partial charge >= 0.3 is 0 Å². The molecule has 5 heteroatoms. The van der Waals surface area contributed by atoms with Crippen LogP contribution in [0, 0.1) is 5.92 Å². The van der Waals surface area contributed by atoms with Crippen molar-refractivity contribution in [1.82, 2.24) is 10.3 Å². The lowest BCUT2D eigenvalue weighted by atomic mass is 10.2. The van der Waals surface area contributed by atoms with Crippen LogP contribution in [0.4, 0.5) is 0 Å². The smallest absolute Gasteiger partial charge is 0.270 e. The van der Waals surface area contributed by atoms with Gasteiger partial charge in [0, 0.05) is 17.0 Å². The minimum atomic E-state index is -0.0783. The van der Waals surface area contributed by atoms with E-state index < -0.39 is 0 Å². The van der Waals surface area contributed by atoms with Gasteiger partial charge in [-0.3, -0.25) is 4.79 Å². The van der Waals surface area contributed by atoms with Gasteiger partial charge in [-0.25, -0.2) is 4.98 Å². The van der Waals surface area contributed by atoms with Crippen LogP contribution < -0.4 is 10.1 Å². The Kier molecular flexibility index (Phi) is 3.92. The van der Waals surface area contributed by atoms with Crippen LogP contribution >= 0.6 is 11.3 Å². The molecule has 1 aromatic carbocycles. The van der Waals surface area contributed by atoms with Crippen molar-refractivity contribution in [3.63, 3.8) is 0 Å². The maximum absolute atomic E-state index is 12.1. The lowest BCUT2D eigenvalue weighted by Gasteiger charge is -2.10. The molecule has 4 nitrogen and oxygen atoms in total. The first-order chi connectivity index (χ1) is 10.2. The number of thiazole rings is 1. The van der Waals surface area contributed by atoms with Crippen molar-refractivity contribution in [2.45, 2.75) is 25.8 Å². The van der Waals surface area contributed by atoms with Gasteiger partial charge in [0.25, 0.3) is 5.91 Å². The first kappa shape index (κ1) is 14.1. The summed E-state index contributed by atoms with van der Waals surface area (Å²) >= 11 is 1.48. The molecule has 1 amide bonds. The number of benzene rings is 1. The summed E-state index contributed by atoms with van der Waals surface area (Å²) in [6.07, 6.45) is 2.44. The van der Waals surface area contributed by atoms with Crippen molar-refractivity contribution in [2.75, 3.05) is 7.11 Å². The summed E-state index contributed by atoms with van der Waals surface area (Å²) < 4.78 is 5.14. The Morgan fingerprint density at radius 1 is 1.38 bits per heavy atom. The molecular formula is C16H18N2O2S. The van der Waals surface area contributed by atoms with Crippen LogP contribution in [0.25, 0.3) is 10.6 Å². The number of nitrogens with one attached hydrogen (secondary N) is 1. The second kappa shape index (κ2) is 5.85. The number of hydrogen-bond donors (Lipinski definition) is 1. The average Bonchev–Trinajstić information content (AvgIpc) is 3.24. The van der Waals surface area contributed by atoms with E-state index in [2.05, 4.69) is 17.2 Å². The number of rotatable bonds is 5. The quantitative estimate of drug-likeness (QED) is 0.921. The minimum Gasteiger partial charge on any atom is -0.497 e. The summed E-state index contributed by atoms with van der Waals surface area (Å²) in [6, 6.07) is 7.93. The van der Waals surface area contributed by atoms with Gasteiger partial charge in [-0.05, 0) is 49.9 Å². The molecule has 1 heterocycles. The van der Waals surface area contributed by atoms with Gasteiger partial charge in [-0.1, -0.05) is 0 Å². The second-order valence-corrected chi connectivity index (χ2v) is 6.22.